The monoisotopic (exact) mass is 463 g/mol. The molecule has 1 atom stereocenters. The second-order valence-electron chi connectivity index (χ2n) is 6.78. The number of carbonyl (C=O) groups excluding carboxylic acids is 2. The van der Waals surface area contributed by atoms with E-state index < -0.39 is 17.7 Å². The van der Waals surface area contributed by atoms with E-state index >= 15 is 0 Å². The molecule has 0 aliphatic carbocycles. The minimum absolute atomic E-state index is 0.00876. The summed E-state index contributed by atoms with van der Waals surface area (Å²) in [6.45, 7) is 4.23. The Morgan fingerprint density at radius 2 is 2.07 bits per heavy atom. The quantitative estimate of drug-likeness (QED) is 0.380. The number of aliphatic hydroxyl groups is 1. The van der Waals surface area contributed by atoms with E-state index in [4.69, 9.17) is 13.9 Å². The van der Waals surface area contributed by atoms with Gasteiger partial charge in [-0.3, -0.25) is 9.59 Å². The van der Waals surface area contributed by atoms with Crippen LogP contribution in [0.3, 0.4) is 0 Å². The number of ketones is 1. The smallest absolute Gasteiger partial charge is 0.295 e. The minimum atomic E-state index is -0.832. The van der Waals surface area contributed by atoms with Crippen LogP contribution in [-0.4, -0.2) is 48.1 Å². The summed E-state index contributed by atoms with van der Waals surface area (Å²) in [4.78, 5) is 26.9. The first-order valence-electron chi connectivity index (χ1n) is 9.12. The number of nitrogens with zero attached hydrogens (tertiary/aromatic N) is 1. The Morgan fingerprint density at radius 3 is 2.66 bits per heavy atom. The van der Waals surface area contributed by atoms with Crippen LogP contribution in [0.5, 0.6) is 5.75 Å². The highest BCUT2D eigenvalue weighted by Gasteiger charge is 2.47. The highest BCUT2D eigenvalue weighted by Crippen LogP contribution is 2.40. The summed E-state index contributed by atoms with van der Waals surface area (Å²) in [6, 6.07) is 7.42. The predicted molar refractivity (Wildman–Crippen MR) is 109 cm³/mol. The first kappa shape index (κ1) is 21.1. The fourth-order valence-corrected chi connectivity index (χ4v) is 3.75. The number of hydrogen-bond acceptors (Lipinski definition) is 6. The molecule has 154 valence electrons. The number of hydrogen-bond donors (Lipinski definition) is 1. The van der Waals surface area contributed by atoms with Gasteiger partial charge in [-0.1, -0.05) is 0 Å². The second kappa shape index (κ2) is 8.84. The van der Waals surface area contributed by atoms with Gasteiger partial charge in [0.15, 0.2) is 0 Å². The minimum Gasteiger partial charge on any atom is -0.507 e. The highest BCUT2D eigenvalue weighted by molar-refractivity contribution is 9.10. The van der Waals surface area contributed by atoms with E-state index in [0.717, 1.165) is 0 Å². The van der Waals surface area contributed by atoms with Gasteiger partial charge in [-0.25, -0.2) is 0 Å². The van der Waals surface area contributed by atoms with Gasteiger partial charge in [-0.15, -0.1) is 0 Å². The van der Waals surface area contributed by atoms with Crippen molar-refractivity contribution in [1.29, 1.82) is 0 Å². The van der Waals surface area contributed by atoms with Crippen molar-refractivity contribution in [2.24, 2.45) is 0 Å². The normalized spacial score (nSPS) is 18.7. The number of carbonyl (C=O) groups is 2. The summed E-state index contributed by atoms with van der Waals surface area (Å²) in [6.07, 6.45) is 1.45. The Labute approximate surface area is 177 Å². The maximum absolute atomic E-state index is 12.8. The van der Waals surface area contributed by atoms with E-state index in [9.17, 15) is 14.7 Å². The van der Waals surface area contributed by atoms with Crippen LogP contribution in [0.2, 0.25) is 0 Å². The van der Waals surface area contributed by atoms with Gasteiger partial charge in [0.05, 0.1) is 36.1 Å². The molecule has 0 radical (unpaired) electrons. The van der Waals surface area contributed by atoms with Crippen molar-refractivity contribution in [2.75, 3.05) is 20.3 Å². The number of amides is 1. The van der Waals surface area contributed by atoms with Crippen LogP contribution >= 0.6 is 15.9 Å². The molecule has 1 saturated heterocycles. The number of benzene rings is 1. The second-order valence-corrected chi connectivity index (χ2v) is 7.63. The van der Waals surface area contributed by atoms with Crippen LogP contribution in [-0.2, 0) is 14.3 Å². The van der Waals surface area contributed by atoms with Gasteiger partial charge in [0.1, 0.15) is 23.3 Å². The molecular formula is C21H22BrNO6. The van der Waals surface area contributed by atoms with Crippen LogP contribution < -0.4 is 4.74 Å². The number of rotatable bonds is 7. The average molecular weight is 464 g/mol. The largest absolute Gasteiger partial charge is 0.507 e. The first-order chi connectivity index (χ1) is 13.8. The molecule has 0 spiro atoms. The van der Waals surface area contributed by atoms with Crippen molar-refractivity contribution in [3.63, 3.8) is 0 Å². The molecule has 29 heavy (non-hydrogen) atoms. The molecule has 2 heterocycles. The zero-order valence-electron chi connectivity index (χ0n) is 16.3. The fourth-order valence-electron chi connectivity index (χ4n) is 3.21. The molecule has 1 amide bonds. The average Bonchev–Trinajstić information content (AvgIpc) is 3.29. The van der Waals surface area contributed by atoms with Crippen molar-refractivity contribution in [1.82, 2.24) is 4.90 Å². The van der Waals surface area contributed by atoms with E-state index in [-0.39, 0.29) is 30.6 Å². The van der Waals surface area contributed by atoms with Crippen molar-refractivity contribution in [2.45, 2.75) is 26.0 Å². The van der Waals surface area contributed by atoms with Crippen molar-refractivity contribution < 1.29 is 28.6 Å². The summed E-state index contributed by atoms with van der Waals surface area (Å²) in [5.41, 5.74) is 0.359. The molecule has 8 heteroatoms. The van der Waals surface area contributed by atoms with Crippen molar-refractivity contribution >= 4 is 33.4 Å². The standard InChI is InChI=1S/C21H22BrNO6/c1-12(2)28-10-8-23-18(16-5-4-9-29-16)17(20(25)21(23)26)19(24)13-6-7-15(27-3)14(22)11-13/h4-7,9,11-12,18,24H,8,10H2,1-3H3/b19-17-. The lowest BCUT2D eigenvalue weighted by Gasteiger charge is -2.23. The number of furan rings is 1. The Bertz CT molecular complexity index is 935. The van der Waals surface area contributed by atoms with Crippen LogP contribution in [0.4, 0.5) is 0 Å². The SMILES string of the molecule is COc1ccc(/C(O)=C2/C(=O)C(=O)N(CCOC(C)C)C2c2ccco2)cc1Br. The summed E-state index contributed by atoms with van der Waals surface area (Å²) < 4.78 is 16.8. The molecule has 1 aliphatic rings. The summed E-state index contributed by atoms with van der Waals surface area (Å²) in [7, 11) is 1.53. The molecule has 1 N–H and O–H groups in total. The predicted octanol–water partition coefficient (Wildman–Crippen LogP) is 3.90. The number of halogens is 1. The van der Waals surface area contributed by atoms with Crippen molar-refractivity contribution in [3.8, 4) is 5.75 Å². The van der Waals surface area contributed by atoms with Gasteiger partial charge in [0.25, 0.3) is 11.7 Å². The zero-order valence-corrected chi connectivity index (χ0v) is 17.9. The lowest BCUT2D eigenvalue weighted by molar-refractivity contribution is -0.140. The number of methoxy groups -OCH3 is 1. The van der Waals surface area contributed by atoms with Gasteiger partial charge in [-0.2, -0.15) is 0 Å². The summed E-state index contributed by atoms with van der Waals surface area (Å²) in [5, 5.41) is 10.9. The molecule has 1 fully saturated rings. The molecule has 3 rings (SSSR count). The van der Waals surface area contributed by atoms with Crippen LogP contribution in [0, 0.1) is 0 Å². The Hall–Kier alpha value is -2.58. The number of aliphatic hydroxyl groups excluding tert-OH is 1. The summed E-state index contributed by atoms with van der Waals surface area (Å²) in [5.74, 6) is -0.771. The van der Waals surface area contributed by atoms with E-state index in [1.54, 1.807) is 30.3 Å². The number of likely N-dealkylation sites (tertiary alicyclic amines) is 1. The Kier molecular flexibility index (Phi) is 6.44. The zero-order chi connectivity index (χ0) is 21.1. The summed E-state index contributed by atoms with van der Waals surface area (Å²) >= 11 is 3.37. The molecule has 1 unspecified atom stereocenters. The third-order valence-corrected chi connectivity index (χ3v) is 5.18. The lowest BCUT2D eigenvalue weighted by Crippen LogP contribution is -2.33. The maximum atomic E-state index is 12.8. The van der Waals surface area contributed by atoms with E-state index in [2.05, 4.69) is 15.9 Å². The first-order valence-corrected chi connectivity index (χ1v) is 9.91. The number of ether oxygens (including phenoxy) is 2. The molecule has 7 nitrogen and oxygen atoms in total. The highest BCUT2D eigenvalue weighted by atomic mass is 79.9. The lowest BCUT2D eigenvalue weighted by atomic mass is 9.99. The molecule has 0 bridgehead atoms. The molecule has 0 saturated carbocycles. The third kappa shape index (κ3) is 4.23. The molecular weight excluding hydrogens is 442 g/mol. The maximum Gasteiger partial charge on any atom is 0.295 e. The molecule has 2 aromatic rings. The number of Topliss-reactive ketones (excluding diaryl/α,β-unsaturated/α-hetero) is 1. The fraction of sp³-hybridized carbons (Fsp3) is 0.333. The van der Waals surface area contributed by atoms with Crippen LogP contribution in [0.15, 0.2) is 51.1 Å². The molecule has 1 aromatic carbocycles. The van der Waals surface area contributed by atoms with Gasteiger partial charge in [0, 0.05) is 12.1 Å². The topological polar surface area (TPSA) is 89.2 Å². The van der Waals surface area contributed by atoms with E-state index in [1.807, 2.05) is 13.8 Å². The molecule has 1 aromatic heterocycles. The molecule has 1 aliphatic heterocycles. The van der Waals surface area contributed by atoms with Gasteiger partial charge in [-0.05, 0) is 60.1 Å². The van der Waals surface area contributed by atoms with Crippen LogP contribution in [0.25, 0.3) is 5.76 Å². The van der Waals surface area contributed by atoms with E-state index in [1.165, 1.54) is 18.3 Å². The van der Waals surface area contributed by atoms with Crippen molar-refractivity contribution in [3.05, 3.63) is 58.0 Å². The van der Waals surface area contributed by atoms with Gasteiger partial charge >= 0.3 is 0 Å². The van der Waals surface area contributed by atoms with Gasteiger partial charge < -0.3 is 23.9 Å². The third-order valence-electron chi connectivity index (χ3n) is 4.56. The van der Waals surface area contributed by atoms with Gasteiger partial charge in [0.2, 0.25) is 0 Å². The van der Waals surface area contributed by atoms with Crippen LogP contribution in [0.1, 0.15) is 31.2 Å². The Morgan fingerprint density at radius 1 is 1.31 bits per heavy atom. The van der Waals surface area contributed by atoms with E-state index in [0.29, 0.717) is 21.5 Å². The Balaban J connectivity index is 2.05.